The molecular formula is C29H46O4. The van der Waals surface area contributed by atoms with E-state index < -0.39 is 17.7 Å². The first-order valence-corrected chi connectivity index (χ1v) is 13.1. The number of rotatable bonds is 8. The maximum Gasteiger partial charge on any atom is 0.303 e. The topological polar surface area (TPSA) is 77.8 Å². The molecule has 6 atom stereocenters. The van der Waals surface area contributed by atoms with E-state index in [0.29, 0.717) is 30.1 Å². The zero-order valence-electron chi connectivity index (χ0n) is 21.3. The van der Waals surface area contributed by atoms with Gasteiger partial charge >= 0.3 is 5.97 Å². The van der Waals surface area contributed by atoms with E-state index in [1.165, 1.54) is 32.1 Å². The predicted octanol–water partition coefficient (Wildman–Crippen LogP) is 6.43. The minimum Gasteiger partial charge on any atom is -0.481 e. The lowest BCUT2D eigenvalue weighted by Crippen LogP contribution is -2.36. The van der Waals surface area contributed by atoms with Crippen molar-refractivity contribution in [3.05, 3.63) is 35.5 Å². The van der Waals surface area contributed by atoms with Gasteiger partial charge in [-0.05, 0) is 99.9 Å². The first kappa shape index (κ1) is 26.2. The fraction of sp³-hybridized carbons (Fsp3) is 0.759. The Morgan fingerprint density at radius 3 is 2.67 bits per heavy atom. The minimum atomic E-state index is -0.854. The van der Waals surface area contributed by atoms with Gasteiger partial charge < -0.3 is 15.3 Å². The second-order valence-electron chi connectivity index (χ2n) is 12.1. The molecule has 3 fully saturated rings. The van der Waals surface area contributed by atoms with Crippen molar-refractivity contribution in [1.82, 2.24) is 0 Å². The highest BCUT2D eigenvalue weighted by atomic mass is 16.4. The first-order chi connectivity index (χ1) is 15.4. The molecule has 4 heteroatoms. The number of allylic oxidation sites excluding steroid dienone is 4. The Bertz CT molecular complexity index is 786. The molecule has 0 spiro atoms. The molecule has 0 aromatic heterocycles. The van der Waals surface area contributed by atoms with Crippen LogP contribution in [-0.4, -0.2) is 33.0 Å². The van der Waals surface area contributed by atoms with Gasteiger partial charge in [-0.25, -0.2) is 0 Å². The molecule has 0 saturated heterocycles. The summed E-state index contributed by atoms with van der Waals surface area (Å²) < 4.78 is 0. The van der Waals surface area contributed by atoms with Gasteiger partial charge in [-0.15, -0.1) is 0 Å². The highest BCUT2D eigenvalue weighted by Crippen LogP contribution is 2.60. The van der Waals surface area contributed by atoms with E-state index in [4.69, 9.17) is 5.11 Å². The SMILES string of the molecule is C=C1C[C@@H](CC(=O)O)[C@H](O)C/C1=C/C=C1\CCC[C@]2(C)[C@@H]([C@H](C)CCCC(C)(C)O)CC[C@@H]12. The van der Waals surface area contributed by atoms with Gasteiger partial charge in [-0.1, -0.05) is 56.6 Å². The largest absolute Gasteiger partial charge is 0.481 e. The molecule has 3 saturated carbocycles. The van der Waals surface area contributed by atoms with Crippen LogP contribution < -0.4 is 0 Å². The second-order valence-corrected chi connectivity index (χ2v) is 12.1. The van der Waals surface area contributed by atoms with Gasteiger partial charge in [-0.3, -0.25) is 4.79 Å². The Hall–Kier alpha value is -1.39. The average Bonchev–Trinajstić information content (AvgIpc) is 3.05. The first-order valence-electron chi connectivity index (χ1n) is 13.1. The van der Waals surface area contributed by atoms with Gasteiger partial charge in [-0.2, -0.15) is 0 Å². The van der Waals surface area contributed by atoms with Gasteiger partial charge in [0.2, 0.25) is 0 Å². The molecule has 3 N–H and O–H groups in total. The van der Waals surface area contributed by atoms with Crippen molar-refractivity contribution < 1.29 is 20.1 Å². The lowest BCUT2D eigenvalue weighted by molar-refractivity contribution is -0.139. The van der Waals surface area contributed by atoms with E-state index in [2.05, 4.69) is 32.6 Å². The van der Waals surface area contributed by atoms with Crippen molar-refractivity contribution >= 4 is 5.97 Å². The summed E-state index contributed by atoms with van der Waals surface area (Å²) in [4.78, 5) is 11.1. The zero-order chi connectivity index (χ0) is 24.4. The molecular weight excluding hydrogens is 412 g/mol. The van der Waals surface area contributed by atoms with Crippen molar-refractivity contribution in [1.29, 1.82) is 0 Å². The van der Waals surface area contributed by atoms with Crippen LogP contribution in [0.5, 0.6) is 0 Å². The Morgan fingerprint density at radius 1 is 1.27 bits per heavy atom. The smallest absolute Gasteiger partial charge is 0.303 e. The van der Waals surface area contributed by atoms with Gasteiger partial charge in [0.15, 0.2) is 0 Å². The minimum absolute atomic E-state index is 0.00432. The van der Waals surface area contributed by atoms with E-state index in [9.17, 15) is 15.0 Å². The van der Waals surface area contributed by atoms with Crippen molar-refractivity contribution in [2.24, 2.45) is 29.1 Å². The molecule has 0 amide bonds. The van der Waals surface area contributed by atoms with Crippen LogP contribution in [-0.2, 0) is 4.79 Å². The van der Waals surface area contributed by atoms with E-state index in [0.717, 1.165) is 36.3 Å². The molecule has 4 nitrogen and oxygen atoms in total. The third-order valence-electron chi connectivity index (χ3n) is 9.04. The number of carboxylic acid groups (broad SMARTS) is 1. The highest BCUT2D eigenvalue weighted by molar-refractivity contribution is 5.67. The number of hydrogen-bond acceptors (Lipinski definition) is 3. The zero-order valence-corrected chi connectivity index (χ0v) is 21.3. The highest BCUT2D eigenvalue weighted by Gasteiger charge is 2.50. The third-order valence-corrected chi connectivity index (χ3v) is 9.04. The summed E-state index contributed by atoms with van der Waals surface area (Å²) in [5, 5.41) is 29.6. The number of carbonyl (C=O) groups is 1. The molecule has 0 radical (unpaired) electrons. The number of aliphatic hydroxyl groups is 2. The molecule has 186 valence electrons. The van der Waals surface area contributed by atoms with Gasteiger partial charge in [0.1, 0.15) is 0 Å². The lowest BCUT2D eigenvalue weighted by atomic mass is 9.60. The van der Waals surface area contributed by atoms with Crippen molar-refractivity contribution in [2.45, 2.75) is 110 Å². The van der Waals surface area contributed by atoms with Crippen LogP contribution in [0.25, 0.3) is 0 Å². The van der Waals surface area contributed by atoms with Crippen molar-refractivity contribution in [3.63, 3.8) is 0 Å². The van der Waals surface area contributed by atoms with Crippen LogP contribution in [0.4, 0.5) is 0 Å². The van der Waals surface area contributed by atoms with E-state index >= 15 is 0 Å². The molecule has 3 rings (SSSR count). The Labute approximate surface area is 200 Å². The maximum atomic E-state index is 11.1. The average molecular weight is 459 g/mol. The standard InChI is InChI=1S/C29H46O4/c1-19(8-6-14-28(3,4)33)24-12-13-25-21(9-7-15-29(24,25)5)10-11-22-17-26(30)23(16-20(22)2)18-27(31)32/h10-11,19,23-26,30,33H,2,6-9,12-18H2,1,3-5H3,(H,31,32)/b21-10+,22-11-/t19-,23+,24-,25+,26-,29-/m1/s1. The number of hydrogen-bond donors (Lipinski definition) is 3. The number of aliphatic hydroxyl groups excluding tert-OH is 1. The third kappa shape index (κ3) is 6.39. The van der Waals surface area contributed by atoms with Gasteiger partial charge in [0.05, 0.1) is 18.1 Å². The number of fused-ring (bicyclic) bond motifs is 1. The van der Waals surface area contributed by atoms with Crippen LogP contribution in [0.15, 0.2) is 35.5 Å². The van der Waals surface area contributed by atoms with Crippen LogP contribution >= 0.6 is 0 Å². The summed E-state index contributed by atoms with van der Waals surface area (Å²) >= 11 is 0. The number of aliphatic carboxylic acids is 1. The fourth-order valence-electron chi connectivity index (χ4n) is 7.22. The van der Waals surface area contributed by atoms with Crippen LogP contribution in [0.1, 0.15) is 98.3 Å². The lowest BCUT2D eigenvalue weighted by Gasteiger charge is -2.44. The summed E-state index contributed by atoms with van der Waals surface area (Å²) in [6.07, 6.45) is 14.3. The van der Waals surface area contributed by atoms with E-state index in [-0.39, 0.29) is 12.3 Å². The quantitative estimate of drug-likeness (QED) is 0.391. The van der Waals surface area contributed by atoms with E-state index in [1.807, 2.05) is 13.8 Å². The van der Waals surface area contributed by atoms with Crippen LogP contribution in [0.3, 0.4) is 0 Å². The normalized spacial score (nSPS) is 36.2. The maximum absolute atomic E-state index is 11.1. The summed E-state index contributed by atoms with van der Waals surface area (Å²) in [5.74, 6) is 0.967. The molecule has 0 aromatic carbocycles. The molecule has 3 aliphatic rings. The summed E-state index contributed by atoms with van der Waals surface area (Å²) in [5.41, 5.74) is 3.40. The Kier molecular flexibility index (Phi) is 8.32. The molecule has 3 aliphatic carbocycles. The second kappa shape index (κ2) is 10.5. The fourth-order valence-corrected chi connectivity index (χ4v) is 7.22. The molecule has 33 heavy (non-hydrogen) atoms. The van der Waals surface area contributed by atoms with Gasteiger partial charge in [0, 0.05) is 0 Å². The van der Waals surface area contributed by atoms with Gasteiger partial charge in [0.25, 0.3) is 0 Å². The summed E-state index contributed by atoms with van der Waals surface area (Å²) in [6, 6.07) is 0. The summed E-state index contributed by atoms with van der Waals surface area (Å²) in [6.45, 7) is 12.9. The Balaban J connectivity index is 1.67. The predicted molar refractivity (Wildman–Crippen MR) is 134 cm³/mol. The van der Waals surface area contributed by atoms with Crippen molar-refractivity contribution in [3.8, 4) is 0 Å². The van der Waals surface area contributed by atoms with Crippen LogP contribution in [0.2, 0.25) is 0 Å². The molecule has 0 bridgehead atoms. The van der Waals surface area contributed by atoms with E-state index in [1.54, 1.807) is 5.57 Å². The summed E-state index contributed by atoms with van der Waals surface area (Å²) in [7, 11) is 0. The van der Waals surface area contributed by atoms with Crippen molar-refractivity contribution in [2.75, 3.05) is 0 Å². The monoisotopic (exact) mass is 458 g/mol. The molecule has 0 aliphatic heterocycles. The number of carboxylic acids is 1. The molecule has 0 aromatic rings. The van der Waals surface area contributed by atoms with Crippen LogP contribution in [0, 0.1) is 29.1 Å². The Morgan fingerprint density at radius 2 is 2.00 bits per heavy atom. The molecule has 0 unspecified atom stereocenters. The molecule has 0 heterocycles.